The number of fused-ring (bicyclic) bond motifs is 3. The molecule has 1 aromatic rings. The molecule has 16 heavy (non-hydrogen) atoms. The average molecular weight is 220 g/mol. The second-order valence-corrected chi connectivity index (χ2v) is 5.00. The molecule has 2 aliphatic rings. The lowest BCUT2D eigenvalue weighted by atomic mass is 10.1. The van der Waals surface area contributed by atoms with Gasteiger partial charge in [-0.05, 0) is 43.5 Å². The van der Waals surface area contributed by atoms with Crippen molar-refractivity contribution in [3.05, 3.63) is 29.1 Å². The van der Waals surface area contributed by atoms with E-state index >= 15 is 0 Å². The van der Waals surface area contributed by atoms with Crippen LogP contribution < -0.4 is 10.2 Å². The van der Waals surface area contributed by atoms with Gasteiger partial charge in [0.15, 0.2) is 0 Å². The van der Waals surface area contributed by atoms with E-state index in [1.54, 1.807) is 12.1 Å². The predicted molar refractivity (Wildman–Crippen MR) is 63.4 cm³/mol. The molecule has 2 heterocycles. The zero-order valence-electron chi connectivity index (χ0n) is 9.76. The van der Waals surface area contributed by atoms with Gasteiger partial charge in [-0.1, -0.05) is 0 Å². The first-order valence-corrected chi connectivity index (χ1v) is 5.95. The summed E-state index contributed by atoms with van der Waals surface area (Å²) in [6.45, 7) is 6.28. The van der Waals surface area contributed by atoms with Crippen molar-refractivity contribution in [1.82, 2.24) is 5.32 Å². The molecule has 2 nitrogen and oxygen atoms in total. The molecule has 0 amide bonds. The molecule has 0 aliphatic carbocycles. The van der Waals surface area contributed by atoms with Gasteiger partial charge < -0.3 is 10.2 Å². The smallest absolute Gasteiger partial charge is 0.123 e. The van der Waals surface area contributed by atoms with Crippen LogP contribution in [0.3, 0.4) is 0 Å². The van der Waals surface area contributed by atoms with Crippen molar-refractivity contribution in [2.45, 2.75) is 32.4 Å². The number of piperazine rings is 1. The maximum absolute atomic E-state index is 13.4. The fraction of sp³-hybridized carbons (Fsp3) is 0.538. The second-order valence-electron chi connectivity index (χ2n) is 5.00. The van der Waals surface area contributed by atoms with E-state index in [1.807, 2.05) is 6.92 Å². The van der Waals surface area contributed by atoms with E-state index in [9.17, 15) is 4.39 Å². The predicted octanol–water partition coefficient (Wildman–Crippen LogP) is 1.86. The fourth-order valence-electron chi connectivity index (χ4n) is 3.17. The summed E-state index contributed by atoms with van der Waals surface area (Å²) >= 11 is 0. The fourth-order valence-corrected chi connectivity index (χ4v) is 3.17. The molecule has 86 valence electrons. The molecule has 1 saturated heterocycles. The highest BCUT2D eigenvalue weighted by Crippen LogP contribution is 2.38. The van der Waals surface area contributed by atoms with E-state index in [0.717, 1.165) is 25.1 Å². The number of hydrogen-bond donors (Lipinski definition) is 1. The maximum atomic E-state index is 13.4. The van der Waals surface area contributed by atoms with Gasteiger partial charge >= 0.3 is 0 Å². The molecule has 2 atom stereocenters. The SMILES string of the molecule is Cc1cc(F)cc2c1N1C(C)CNC[C@@H]1C2. The zero-order chi connectivity index (χ0) is 11.3. The lowest BCUT2D eigenvalue weighted by Crippen LogP contribution is -2.55. The van der Waals surface area contributed by atoms with E-state index in [0.29, 0.717) is 12.1 Å². The number of aryl methyl sites for hydroxylation is 1. The van der Waals surface area contributed by atoms with Gasteiger partial charge in [0.1, 0.15) is 5.82 Å². The van der Waals surface area contributed by atoms with E-state index in [2.05, 4.69) is 17.1 Å². The summed E-state index contributed by atoms with van der Waals surface area (Å²) in [4.78, 5) is 2.47. The van der Waals surface area contributed by atoms with E-state index < -0.39 is 0 Å². The van der Waals surface area contributed by atoms with Crippen molar-refractivity contribution in [3.63, 3.8) is 0 Å². The Balaban J connectivity index is 2.10. The molecular weight excluding hydrogens is 203 g/mol. The minimum Gasteiger partial charge on any atom is -0.363 e. The van der Waals surface area contributed by atoms with Gasteiger partial charge in [0.25, 0.3) is 0 Å². The number of anilines is 1. The van der Waals surface area contributed by atoms with Crippen LogP contribution in [0.1, 0.15) is 18.1 Å². The molecule has 3 rings (SSSR count). The Bertz CT molecular complexity index is 430. The summed E-state index contributed by atoms with van der Waals surface area (Å²) in [5, 5.41) is 3.44. The Morgan fingerprint density at radius 2 is 2.19 bits per heavy atom. The number of hydrogen-bond acceptors (Lipinski definition) is 2. The summed E-state index contributed by atoms with van der Waals surface area (Å²) in [6.07, 6.45) is 0.977. The summed E-state index contributed by atoms with van der Waals surface area (Å²) in [7, 11) is 0. The Kier molecular flexibility index (Phi) is 2.18. The number of benzene rings is 1. The van der Waals surface area contributed by atoms with Gasteiger partial charge in [0.2, 0.25) is 0 Å². The van der Waals surface area contributed by atoms with E-state index in [1.165, 1.54) is 11.3 Å². The minimum absolute atomic E-state index is 0.100. The van der Waals surface area contributed by atoms with Crippen LogP contribution in [0, 0.1) is 12.7 Å². The van der Waals surface area contributed by atoms with Crippen molar-refractivity contribution in [2.75, 3.05) is 18.0 Å². The third kappa shape index (κ3) is 1.34. The van der Waals surface area contributed by atoms with Crippen LogP contribution in [0.2, 0.25) is 0 Å². The van der Waals surface area contributed by atoms with Crippen molar-refractivity contribution < 1.29 is 4.39 Å². The van der Waals surface area contributed by atoms with Gasteiger partial charge in [-0.15, -0.1) is 0 Å². The highest BCUT2D eigenvalue weighted by atomic mass is 19.1. The largest absolute Gasteiger partial charge is 0.363 e. The Morgan fingerprint density at radius 1 is 1.38 bits per heavy atom. The number of rotatable bonds is 0. The van der Waals surface area contributed by atoms with Gasteiger partial charge in [-0.25, -0.2) is 4.39 Å². The summed E-state index contributed by atoms with van der Waals surface area (Å²) < 4.78 is 13.4. The molecule has 0 bridgehead atoms. The second kappa shape index (κ2) is 3.45. The lowest BCUT2D eigenvalue weighted by Gasteiger charge is -2.39. The van der Waals surface area contributed by atoms with Crippen molar-refractivity contribution in [2.24, 2.45) is 0 Å². The van der Waals surface area contributed by atoms with Crippen LogP contribution in [0.4, 0.5) is 10.1 Å². The van der Waals surface area contributed by atoms with Crippen molar-refractivity contribution >= 4 is 5.69 Å². The molecule has 1 N–H and O–H groups in total. The van der Waals surface area contributed by atoms with Crippen LogP contribution in [0.15, 0.2) is 12.1 Å². The highest BCUT2D eigenvalue weighted by molar-refractivity contribution is 5.65. The summed E-state index contributed by atoms with van der Waals surface area (Å²) in [5.41, 5.74) is 3.53. The van der Waals surface area contributed by atoms with Crippen molar-refractivity contribution in [3.8, 4) is 0 Å². The maximum Gasteiger partial charge on any atom is 0.123 e. The van der Waals surface area contributed by atoms with Crippen LogP contribution in [0.5, 0.6) is 0 Å². The average Bonchev–Trinajstić information content (AvgIpc) is 2.56. The quantitative estimate of drug-likeness (QED) is 0.718. The highest BCUT2D eigenvalue weighted by Gasteiger charge is 2.36. The van der Waals surface area contributed by atoms with E-state index in [-0.39, 0.29) is 5.82 Å². The normalized spacial score (nSPS) is 27.8. The number of nitrogens with one attached hydrogen (secondary N) is 1. The van der Waals surface area contributed by atoms with Gasteiger partial charge in [0, 0.05) is 30.9 Å². The molecule has 1 aromatic carbocycles. The summed E-state index contributed by atoms with van der Waals surface area (Å²) in [5.74, 6) is -0.100. The minimum atomic E-state index is -0.100. The van der Waals surface area contributed by atoms with E-state index in [4.69, 9.17) is 0 Å². The number of halogens is 1. The molecule has 0 saturated carbocycles. The number of nitrogens with zero attached hydrogens (tertiary/aromatic N) is 1. The monoisotopic (exact) mass is 220 g/mol. The molecule has 0 aromatic heterocycles. The molecular formula is C13H17FN2. The molecule has 3 heteroatoms. The third-order valence-electron chi connectivity index (χ3n) is 3.75. The standard InChI is InChI=1S/C13H17FN2/c1-8-3-11(14)4-10-5-12-7-15-6-9(2)16(12)13(8)10/h3-4,9,12,15H,5-7H2,1-2H3/t9?,12-/m0/s1. The first kappa shape index (κ1) is 10.1. The van der Waals surface area contributed by atoms with Crippen molar-refractivity contribution in [1.29, 1.82) is 0 Å². The van der Waals surface area contributed by atoms with Gasteiger partial charge in [-0.2, -0.15) is 0 Å². The first-order valence-electron chi connectivity index (χ1n) is 5.95. The van der Waals surface area contributed by atoms with Gasteiger partial charge in [0.05, 0.1) is 0 Å². The molecule has 1 unspecified atom stereocenters. The molecule has 0 spiro atoms. The third-order valence-corrected chi connectivity index (χ3v) is 3.75. The van der Waals surface area contributed by atoms with Crippen LogP contribution in [-0.2, 0) is 6.42 Å². The molecule has 2 aliphatic heterocycles. The Hall–Kier alpha value is -1.09. The molecule has 0 radical (unpaired) electrons. The van der Waals surface area contributed by atoms with Crippen LogP contribution in [-0.4, -0.2) is 25.2 Å². The lowest BCUT2D eigenvalue weighted by molar-refractivity contribution is 0.429. The molecule has 1 fully saturated rings. The topological polar surface area (TPSA) is 15.3 Å². The zero-order valence-corrected chi connectivity index (χ0v) is 9.76. The first-order chi connectivity index (χ1) is 7.66. The van der Waals surface area contributed by atoms with Gasteiger partial charge in [-0.3, -0.25) is 0 Å². The Labute approximate surface area is 95.4 Å². The van der Waals surface area contributed by atoms with Crippen LogP contribution in [0.25, 0.3) is 0 Å². The van der Waals surface area contributed by atoms with Crippen LogP contribution >= 0.6 is 0 Å². The Morgan fingerprint density at radius 3 is 3.00 bits per heavy atom. The summed E-state index contributed by atoms with van der Waals surface area (Å²) in [6, 6.07) is 4.37.